The molecule has 0 saturated heterocycles. The predicted octanol–water partition coefficient (Wildman–Crippen LogP) is 22.2. The predicted molar refractivity (Wildman–Crippen MR) is 386 cm³/mol. The molecule has 0 bridgehead atoms. The zero-order valence-electron chi connectivity index (χ0n) is 62.1. The Kier molecular flexibility index (Phi) is 65.2. The first kappa shape index (κ1) is 93.1. The van der Waals surface area contributed by atoms with Gasteiger partial charge in [-0.05, 0) is 43.4 Å². The molecule has 0 aromatic carbocycles. The second kappa shape index (κ2) is 66.6. The molecule has 0 aliphatic heterocycles. The molecule has 0 amide bonds. The van der Waals surface area contributed by atoms with Gasteiger partial charge >= 0.3 is 39.5 Å². The number of rotatable bonds is 74. The van der Waals surface area contributed by atoms with Gasteiger partial charge in [-0.1, -0.05) is 337 Å². The van der Waals surface area contributed by atoms with Crippen molar-refractivity contribution in [3.63, 3.8) is 0 Å². The number of carbonyl (C=O) groups is 4. The first-order valence-corrected chi connectivity index (χ1v) is 42.3. The number of esters is 4. The van der Waals surface area contributed by atoms with Gasteiger partial charge in [0, 0.05) is 25.7 Å². The Labute approximate surface area is 581 Å². The van der Waals surface area contributed by atoms with Crippen molar-refractivity contribution in [2.75, 3.05) is 39.6 Å². The van der Waals surface area contributed by atoms with E-state index in [1.165, 1.54) is 199 Å². The van der Waals surface area contributed by atoms with Crippen molar-refractivity contribution in [1.82, 2.24) is 0 Å². The highest BCUT2D eigenvalue weighted by Gasteiger charge is 2.30. The van der Waals surface area contributed by atoms with Crippen LogP contribution in [0.5, 0.6) is 0 Å². The topological polar surface area (TPSA) is 237 Å². The summed E-state index contributed by atoms with van der Waals surface area (Å²) in [5.41, 5.74) is 0. The lowest BCUT2D eigenvalue weighted by Gasteiger charge is -2.21. The lowest BCUT2D eigenvalue weighted by molar-refractivity contribution is -0.161. The third-order valence-corrected chi connectivity index (χ3v) is 19.5. The summed E-state index contributed by atoms with van der Waals surface area (Å²) in [6.07, 6.45) is 52.6. The van der Waals surface area contributed by atoms with E-state index in [2.05, 4.69) is 48.5 Å². The average molecular weight is 1400 g/mol. The Morgan fingerprint density at radius 3 is 0.716 bits per heavy atom. The van der Waals surface area contributed by atoms with Crippen LogP contribution in [0.3, 0.4) is 0 Å². The van der Waals surface area contributed by atoms with Crippen LogP contribution in [0.1, 0.15) is 389 Å². The van der Waals surface area contributed by atoms with Crippen LogP contribution in [0.15, 0.2) is 0 Å². The van der Waals surface area contributed by atoms with Gasteiger partial charge in [-0.25, -0.2) is 9.13 Å². The quantitative estimate of drug-likeness (QED) is 0.0222. The van der Waals surface area contributed by atoms with Crippen molar-refractivity contribution in [2.24, 2.45) is 17.8 Å². The zero-order valence-corrected chi connectivity index (χ0v) is 63.9. The third kappa shape index (κ3) is 70.3. The molecule has 5 atom stereocenters. The van der Waals surface area contributed by atoms with Crippen LogP contribution in [-0.2, 0) is 65.4 Å². The van der Waals surface area contributed by atoms with Crippen LogP contribution in [0.2, 0.25) is 0 Å². The summed E-state index contributed by atoms with van der Waals surface area (Å²) < 4.78 is 68.6. The molecule has 0 aliphatic rings. The molecular weight excluding hydrogens is 1250 g/mol. The molecule has 564 valence electrons. The van der Waals surface area contributed by atoms with Crippen molar-refractivity contribution in [2.45, 2.75) is 407 Å². The normalized spacial score (nSPS) is 14.1. The largest absolute Gasteiger partial charge is 0.472 e. The number of phosphoric acid groups is 2. The second-order valence-corrected chi connectivity index (χ2v) is 31.7. The van der Waals surface area contributed by atoms with Crippen molar-refractivity contribution in [3.8, 4) is 0 Å². The van der Waals surface area contributed by atoms with E-state index in [9.17, 15) is 43.2 Å². The Balaban J connectivity index is 5.26. The smallest absolute Gasteiger partial charge is 0.462 e. The van der Waals surface area contributed by atoms with Gasteiger partial charge in [-0.2, -0.15) is 0 Å². The third-order valence-electron chi connectivity index (χ3n) is 17.6. The Morgan fingerprint density at radius 1 is 0.284 bits per heavy atom. The van der Waals surface area contributed by atoms with Crippen LogP contribution in [0.4, 0.5) is 0 Å². The fraction of sp³-hybridized carbons (Fsp3) is 0.947. The molecule has 2 unspecified atom stereocenters. The number of hydrogen-bond donors (Lipinski definition) is 3. The van der Waals surface area contributed by atoms with E-state index in [0.717, 1.165) is 108 Å². The van der Waals surface area contributed by atoms with Gasteiger partial charge in [0.15, 0.2) is 12.2 Å². The summed E-state index contributed by atoms with van der Waals surface area (Å²) >= 11 is 0. The van der Waals surface area contributed by atoms with Gasteiger partial charge in [0.2, 0.25) is 0 Å². The standard InChI is InChI=1S/C76H148O17P2/c1-8-9-10-11-12-13-14-17-21-30-38-45-52-59-75(80)93-72(64-87-74(79)58-51-44-37-32-25-28-35-42-49-56-69(6)7)66-91-95(84,85)89-62-70(77)61-88-94(82,83)90-65-71(63-86-73(78)57-50-43-36-29-24-23-27-34-41-48-55-68(4)5)92-76(81)60-53-46-39-31-22-19-16-15-18-20-26-33-40-47-54-67(2)3/h67-72,77H,8-66H2,1-7H3,(H,82,83)(H,84,85)/t70-,71-,72-/m1/s1. The van der Waals surface area contributed by atoms with E-state index in [-0.39, 0.29) is 25.7 Å². The highest BCUT2D eigenvalue weighted by atomic mass is 31.2. The molecule has 3 N–H and O–H groups in total. The number of phosphoric ester groups is 2. The second-order valence-electron chi connectivity index (χ2n) is 28.8. The lowest BCUT2D eigenvalue weighted by Crippen LogP contribution is -2.30. The maximum atomic E-state index is 13.1. The first-order valence-electron chi connectivity index (χ1n) is 39.3. The Morgan fingerprint density at radius 2 is 0.484 bits per heavy atom. The van der Waals surface area contributed by atoms with E-state index < -0.39 is 97.5 Å². The maximum Gasteiger partial charge on any atom is 0.472 e. The van der Waals surface area contributed by atoms with Gasteiger partial charge in [0.1, 0.15) is 19.3 Å². The van der Waals surface area contributed by atoms with Crippen LogP contribution >= 0.6 is 15.6 Å². The average Bonchev–Trinajstić information content (AvgIpc) is 1.51. The van der Waals surface area contributed by atoms with Gasteiger partial charge in [-0.3, -0.25) is 37.3 Å². The summed E-state index contributed by atoms with van der Waals surface area (Å²) in [6, 6.07) is 0. The fourth-order valence-electron chi connectivity index (χ4n) is 11.6. The van der Waals surface area contributed by atoms with Gasteiger partial charge in [0.05, 0.1) is 26.4 Å². The Bertz CT molecular complexity index is 1850. The summed E-state index contributed by atoms with van der Waals surface area (Å²) in [6.45, 7) is 11.9. The minimum atomic E-state index is -4.96. The van der Waals surface area contributed by atoms with E-state index in [1.807, 2.05) is 0 Å². The molecule has 17 nitrogen and oxygen atoms in total. The highest BCUT2D eigenvalue weighted by Crippen LogP contribution is 2.45. The molecule has 0 saturated carbocycles. The molecule has 0 spiro atoms. The highest BCUT2D eigenvalue weighted by molar-refractivity contribution is 7.47. The molecule has 0 fully saturated rings. The Hall–Kier alpha value is -1.94. The molecule has 19 heteroatoms. The monoisotopic (exact) mass is 1400 g/mol. The van der Waals surface area contributed by atoms with Crippen LogP contribution in [0, 0.1) is 17.8 Å². The van der Waals surface area contributed by atoms with Crippen LogP contribution in [-0.4, -0.2) is 96.7 Å². The van der Waals surface area contributed by atoms with Crippen LogP contribution < -0.4 is 0 Å². The summed E-state index contributed by atoms with van der Waals surface area (Å²) in [5.74, 6) is 0.182. The van der Waals surface area contributed by atoms with Crippen molar-refractivity contribution in [1.29, 1.82) is 0 Å². The van der Waals surface area contributed by atoms with Crippen molar-refractivity contribution >= 4 is 39.5 Å². The van der Waals surface area contributed by atoms with E-state index in [1.54, 1.807) is 0 Å². The van der Waals surface area contributed by atoms with Crippen molar-refractivity contribution < 1.29 is 80.2 Å². The first-order chi connectivity index (χ1) is 45.7. The number of ether oxygens (including phenoxy) is 4. The molecule has 0 aromatic heterocycles. The van der Waals surface area contributed by atoms with Gasteiger partial charge in [-0.15, -0.1) is 0 Å². The molecule has 0 aromatic rings. The minimum absolute atomic E-state index is 0.107. The molecule has 95 heavy (non-hydrogen) atoms. The lowest BCUT2D eigenvalue weighted by atomic mass is 10.0. The van der Waals surface area contributed by atoms with Crippen LogP contribution in [0.25, 0.3) is 0 Å². The van der Waals surface area contributed by atoms with E-state index in [0.29, 0.717) is 25.7 Å². The van der Waals surface area contributed by atoms with E-state index >= 15 is 0 Å². The molecule has 0 aliphatic carbocycles. The minimum Gasteiger partial charge on any atom is -0.462 e. The van der Waals surface area contributed by atoms with Gasteiger partial charge in [0.25, 0.3) is 0 Å². The maximum absolute atomic E-state index is 13.1. The van der Waals surface area contributed by atoms with Gasteiger partial charge < -0.3 is 33.8 Å². The number of carbonyl (C=O) groups excluding carboxylic acids is 4. The van der Waals surface area contributed by atoms with Crippen molar-refractivity contribution in [3.05, 3.63) is 0 Å². The van der Waals surface area contributed by atoms with E-state index in [4.69, 9.17) is 37.0 Å². The zero-order chi connectivity index (χ0) is 70.1. The number of unbranched alkanes of at least 4 members (excludes halogenated alkanes) is 42. The number of hydrogen-bond acceptors (Lipinski definition) is 15. The number of aliphatic hydroxyl groups is 1. The molecule has 0 heterocycles. The SMILES string of the molecule is CCCCCCCCCCCCCCCC(=O)O[C@H](COC(=O)CCCCCCCCCCCC(C)C)COP(=O)(O)OC[C@H](O)COP(=O)(O)OC[C@@H](COC(=O)CCCCCCCCCCCCC(C)C)OC(=O)CCCCCCCCCCCCCCCCC(C)C. The summed E-state index contributed by atoms with van der Waals surface area (Å²) in [7, 11) is -9.91. The summed E-state index contributed by atoms with van der Waals surface area (Å²) in [4.78, 5) is 72.8. The number of aliphatic hydroxyl groups excluding tert-OH is 1. The molecular formula is C76H148O17P2. The molecule has 0 radical (unpaired) electrons. The summed E-state index contributed by atoms with van der Waals surface area (Å²) in [5, 5.41) is 10.6. The molecule has 0 rings (SSSR count). The fourth-order valence-corrected chi connectivity index (χ4v) is 13.2.